The van der Waals surface area contributed by atoms with Gasteiger partial charge >= 0.3 is 0 Å². The molecule has 1 N–H and O–H groups in total. The van der Waals surface area contributed by atoms with E-state index in [1.54, 1.807) is 0 Å². The molecule has 1 aromatic rings. The number of carbonyl (C=O) groups is 1. The van der Waals surface area contributed by atoms with Gasteiger partial charge < -0.3 is 10.1 Å². The van der Waals surface area contributed by atoms with E-state index in [0.29, 0.717) is 12.6 Å². The normalized spacial score (nSPS) is 27.0. The molecule has 0 aliphatic carbocycles. The van der Waals surface area contributed by atoms with Crippen molar-refractivity contribution in [3.63, 3.8) is 0 Å². The number of hydrogen-bond acceptors (Lipinski definition) is 5. The minimum absolute atomic E-state index is 0.00407. The van der Waals surface area contributed by atoms with Crippen molar-refractivity contribution in [3.05, 3.63) is 15.6 Å². The average Bonchev–Trinajstić information content (AvgIpc) is 3.06. The van der Waals surface area contributed by atoms with Crippen molar-refractivity contribution in [2.45, 2.75) is 45.2 Å². The number of hydrogen-bond donors (Lipinski definition) is 1. The van der Waals surface area contributed by atoms with E-state index in [0.717, 1.165) is 35.3 Å². The Labute approximate surface area is 129 Å². The molecule has 0 radical (unpaired) electrons. The maximum Gasteiger partial charge on any atom is 0.263 e. The van der Waals surface area contributed by atoms with E-state index in [1.165, 1.54) is 30.6 Å². The van der Waals surface area contributed by atoms with Gasteiger partial charge in [-0.25, -0.2) is 4.98 Å². The van der Waals surface area contributed by atoms with Crippen LogP contribution in [0.3, 0.4) is 0 Å². The van der Waals surface area contributed by atoms with Crippen molar-refractivity contribution >= 4 is 17.2 Å². The Bertz CT molecular complexity index is 511. The highest BCUT2D eigenvalue weighted by molar-refractivity contribution is 7.13. The molecule has 116 valence electrons. The van der Waals surface area contributed by atoms with Crippen molar-refractivity contribution in [1.82, 2.24) is 15.2 Å². The van der Waals surface area contributed by atoms with Gasteiger partial charge in [0.1, 0.15) is 4.88 Å². The van der Waals surface area contributed by atoms with E-state index in [-0.39, 0.29) is 11.9 Å². The summed E-state index contributed by atoms with van der Waals surface area (Å²) in [7, 11) is 0. The first-order valence-corrected chi connectivity index (χ1v) is 8.53. The lowest BCUT2D eigenvalue weighted by Gasteiger charge is -2.34. The van der Waals surface area contributed by atoms with E-state index < -0.39 is 0 Å². The van der Waals surface area contributed by atoms with E-state index in [9.17, 15) is 4.79 Å². The molecule has 0 aromatic carbocycles. The summed E-state index contributed by atoms with van der Waals surface area (Å²) in [5, 5.41) is 4.10. The first-order valence-electron chi connectivity index (χ1n) is 7.72. The van der Waals surface area contributed by atoms with Crippen molar-refractivity contribution in [2.24, 2.45) is 0 Å². The van der Waals surface area contributed by atoms with E-state index in [2.05, 4.69) is 15.2 Å². The lowest BCUT2D eigenvalue weighted by Crippen LogP contribution is -2.52. The molecule has 0 unspecified atom stereocenters. The lowest BCUT2D eigenvalue weighted by atomic mass is 10.0. The highest BCUT2D eigenvalue weighted by atomic mass is 32.1. The molecule has 2 aliphatic heterocycles. The van der Waals surface area contributed by atoms with Crippen LogP contribution in [0.4, 0.5) is 0 Å². The average molecular weight is 309 g/mol. The summed E-state index contributed by atoms with van der Waals surface area (Å²) in [6, 6.07) is 0.418. The van der Waals surface area contributed by atoms with Crippen LogP contribution in [0.15, 0.2) is 0 Å². The van der Waals surface area contributed by atoms with Gasteiger partial charge in [-0.1, -0.05) is 6.42 Å². The Morgan fingerprint density at radius 3 is 2.71 bits per heavy atom. The van der Waals surface area contributed by atoms with Gasteiger partial charge in [-0.3, -0.25) is 9.69 Å². The molecule has 2 fully saturated rings. The molecule has 2 saturated heterocycles. The molecule has 2 atom stereocenters. The molecular formula is C15H23N3O2S. The van der Waals surface area contributed by atoms with Gasteiger partial charge in [0.25, 0.3) is 5.91 Å². The third-order valence-electron chi connectivity index (χ3n) is 4.34. The number of carbonyl (C=O) groups excluding carboxylic acids is 1. The van der Waals surface area contributed by atoms with Crippen LogP contribution in [0, 0.1) is 13.8 Å². The summed E-state index contributed by atoms with van der Waals surface area (Å²) < 4.78 is 5.63. The molecule has 5 nitrogen and oxygen atoms in total. The lowest BCUT2D eigenvalue weighted by molar-refractivity contribution is 0.0903. The van der Waals surface area contributed by atoms with Crippen molar-refractivity contribution in [1.29, 1.82) is 0 Å². The number of piperidine rings is 1. The van der Waals surface area contributed by atoms with Crippen molar-refractivity contribution in [3.8, 4) is 0 Å². The quantitative estimate of drug-likeness (QED) is 0.924. The molecule has 0 bridgehead atoms. The monoisotopic (exact) mass is 309 g/mol. The summed E-state index contributed by atoms with van der Waals surface area (Å²) in [6.45, 7) is 7.42. The molecule has 3 rings (SSSR count). The number of aryl methyl sites for hydroxylation is 2. The van der Waals surface area contributed by atoms with Crippen molar-refractivity contribution < 1.29 is 9.53 Å². The standard InChI is InChI=1S/C15H23N3O2S/c1-10-14(21-11(2)16-10)15(19)17-12-8-20-9-13(12)18-6-4-3-5-7-18/h12-13H,3-9H2,1-2H3,(H,17,19)/t12-,13-/m1/s1. The zero-order valence-corrected chi connectivity index (χ0v) is 13.5. The van der Waals surface area contributed by atoms with Crippen molar-refractivity contribution in [2.75, 3.05) is 26.3 Å². The number of ether oxygens (including phenoxy) is 1. The van der Waals surface area contributed by atoms with Gasteiger partial charge in [0.2, 0.25) is 0 Å². The number of rotatable bonds is 3. The van der Waals surface area contributed by atoms with Gasteiger partial charge in [-0.2, -0.15) is 0 Å². The van der Waals surface area contributed by atoms with Crippen LogP contribution >= 0.6 is 11.3 Å². The smallest absolute Gasteiger partial charge is 0.263 e. The number of nitrogens with zero attached hydrogens (tertiary/aromatic N) is 2. The zero-order valence-electron chi connectivity index (χ0n) is 12.7. The molecule has 6 heteroatoms. The van der Waals surface area contributed by atoms with Crippen LogP contribution in [0.25, 0.3) is 0 Å². The molecule has 21 heavy (non-hydrogen) atoms. The number of amides is 1. The van der Waals surface area contributed by atoms with Gasteiger partial charge in [0.05, 0.1) is 36.0 Å². The Morgan fingerprint density at radius 1 is 1.29 bits per heavy atom. The van der Waals surface area contributed by atoms with Gasteiger partial charge in [0.15, 0.2) is 0 Å². The van der Waals surface area contributed by atoms with Crippen LogP contribution in [0.1, 0.15) is 39.6 Å². The predicted octanol–water partition coefficient (Wildman–Crippen LogP) is 1.74. The number of likely N-dealkylation sites (tertiary alicyclic amines) is 1. The third-order valence-corrected chi connectivity index (χ3v) is 5.41. The Balaban J connectivity index is 1.65. The zero-order chi connectivity index (χ0) is 14.8. The Hall–Kier alpha value is -0.980. The molecular weight excluding hydrogens is 286 g/mol. The van der Waals surface area contributed by atoms with Gasteiger partial charge in [-0.15, -0.1) is 11.3 Å². The van der Waals surface area contributed by atoms with Gasteiger partial charge in [-0.05, 0) is 39.8 Å². The fraction of sp³-hybridized carbons (Fsp3) is 0.733. The third kappa shape index (κ3) is 3.27. The fourth-order valence-electron chi connectivity index (χ4n) is 3.27. The fourth-order valence-corrected chi connectivity index (χ4v) is 4.09. The van der Waals surface area contributed by atoms with Crippen LogP contribution in [0.5, 0.6) is 0 Å². The summed E-state index contributed by atoms with van der Waals surface area (Å²) in [6.07, 6.45) is 3.83. The Morgan fingerprint density at radius 2 is 2.05 bits per heavy atom. The second-order valence-electron chi connectivity index (χ2n) is 5.93. The molecule has 3 heterocycles. The maximum atomic E-state index is 12.4. The largest absolute Gasteiger partial charge is 0.378 e. The highest BCUT2D eigenvalue weighted by Crippen LogP contribution is 2.21. The molecule has 0 spiro atoms. The molecule has 1 aromatic heterocycles. The summed E-state index contributed by atoms with van der Waals surface area (Å²) in [5.41, 5.74) is 0.823. The number of aromatic nitrogens is 1. The van der Waals surface area contributed by atoms with Crippen LogP contribution in [-0.2, 0) is 4.74 Å². The second-order valence-corrected chi connectivity index (χ2v) is 7.13. The first kappa shape index (κ1) is 14.9. The SMILES string of the molecule is Cc1nc(C)c(C(=O)N[C@@H]2COC[C@H]2N2CCCCC2)s1. The van der Waals surface area contributed by atoms with E-state index in [1.807, 2.05) is 13.8 Å². The number of thiazole rings is 1. The highest BCUT2D eigenvalue weighted by Gasteiger charge is 2.35. The van der Waals surface area contributed by atoms with Crippen LogP contribution in [0.2, 0.25) is 0 Å². The summed E-state index contributed by atoms with van der Waals surface area (Å²) in [5.74, 6) is -0.00407. The summed E-state index contributed by atoms with van der Waals surface area (Å²) >= 11 is 1.47. The van der Waals surface area contributed by atoms with Crippen LogP contribution in [-0.4, -0.2) is 54.2 Å². The number of nitrogens with one attached hydrogen (secondary N) is 1. The molecule has 0 saturated carbocycles. The van der Waals surface area contributed by atoms with E-state index in [4.69, 9.17) is 4.74 Å². The topological polar surface area (TPSA) is 54.5 Å². The second kappa shape index (κ2) is 6.42. The minimum atomic E-state index is -0.00407. The maximum absolute atomic E-state index is 12.4. The Kier molecular flexibility index (Phi) is 4.57. The van der Waals surface area contributed by atoms with E-state index >= 15 is 0 Å². The minimum Gasteiger partial charge on any atom is -0.378 e. The molecule has 1 amide bonds. The van der Waals surface area contributed by atoms with Gasteiger partial charge in [0, 0.05) is 0 Å². The predicted molar refractivity (Wildman–Crippen MR) is 82.9 cm³/mol. The summed E-state index contributed by atoms with van der Waals surface area (Å²) in [4.78, 5) is 20.0. The molecule has 2 aliphatic rings. The van der Waals surface area contributed by atoms with Crippen LogP contribution < -0.4 is 5.32 Å². The first-order chi connectivity index (χ1) is 10.1.